The Kier molecular flexibility index (Phi) is 4.25. The number of aromatic nitrogens is 1. The number of sulfone groups is 1. The molecule has 1 saturated carbocycles. The maximum Gasteiger partial charge on any atom is 0.242 e. The van der Waals surface area contributed by atoms with Crippen LogP contribution in [0.5, 0.6) is 0 Å². The molecule has 1 N–H and O–H groups in total. The molecule has 1 aromatic carbocycles. The molecule has 7 heteroatoms. The molecule has 122 valence electrons. The van der Waals surface area contributed by atoms with Gasteiger partial charge in [0, 0.05) is 11.6 Å². The minimum Gasteiger partial charge on any atom is -0.348 e. The van der Waals surface area contributed by atoms with Gasteiger partial charge in [-0.2, -0.15) is 0 Å². The molecule has 23 heavy (non-hydrogen) atoms. The van der Waals surface area contributed by atoms with Crippen LogP contribution in [0.25, 0.3) is 0 Å². The molecule has 0 atom stereocenters. The van der Waals surface area contributed by atoms with Gasteiger partial charge in [-0.3, -0.25) is 4.79 Å². The summed E-state index contributed by atoms with van der Waals surface area (Å²) in [4.78, 5) is 16.9. The predicted octanol–water partition coefficient (Wildman–Crippen LogP) is 2.46. The highest BCUT2D eigenvalue weighted by Crippen LogP contribution is 2.43. The number of benzene rings is 1. The number of aryl methyl sites for hydroxylation is 1. The molecule has 2 aromatic rings. The molecule has 1 aliphatic rings. The molecular weight excluding hydrogens is 332 g/mol. The van der Waals surface area contributed by atoms with Gasteiger partial charge in [0.15, 0.2) is 14.6 Å². The number of hydrogen-bond donors (Lipinski definition) is 1. The van der Waals surface area contributed by atoms with Crippen LogP contribution in [0.15, 0.2) is 40.7 Å². The van der Waals surface area contributed by atoms with Crippen molar-refractivity contribution in [3.63, 3.8) is 0 Å². The predicted molar refractivity (Wildman–Crippen MR) is 88.9 cm³/mol. The first-order chi connectivity index (χ1) is 11.0. The Bertz CT molecular complexity index is 792. The van der Waals surface area contributed by atoms with Crippen LogP contribution >= 0.6 is 11.3 Å². The van der Waals surface area contributed by atoms with Crippen molar-refractivity contribution in [2.75, 3.05) is 0 Å². The lowest BCUT2D eigenvalue weighted by atomic mass is 9.83. The van der Waals surface area contributed by atoms with Gasteiger partial charge in [0.25, 0.3) is 0 Å². The SMILES string of the molecule is Cc1ccc(S(=O)(=O)C2(C(=O)NCc3nccs3)CCC2)cc1. The van der Waals surface area contributed by atoms with E-state index >= 15 is 0 Å². The van der Waals surface area contributed by atoms with Crippen molar-refractivity contribution in [1.82, 2.24) is 10.3 Å². The highest BCUT2D eigenvalue weighted by atomic mass is 32.2. The lowest BCUT2D eigenvalue weighted by Crippen LogP contribution is -2.56. The van der Waals surface area contributed by atoms with E-state index in [9.17, 15) is 13.2 Å². The average Bonchev–Trinajstić information content (AvgIpc) is 2.97. The second-order valence-corrected chi connectivity index (χ2v) is 9.01. The summed E-state index contributed by atoms with van der Waals surface area (Å²) < 4.78 is 24.6. The van der Waals surface area contributed by atoms with Crippen LogP contribution in [-0.2, 0) is 21.2 Å². The largest absolute Gasteiger partial charge is 0.348 e. The maximum atomic E-state index is 13.0. The second-order valence-electron chi connectivity index (χ2n) is 5.77. The highest BCUT2D eigenvalue weighted by Gasteiger charge is 2.55. The highest BCUT2D eigenvalue weighted by molar-refractivity contribution is 7.93. The first-order valence-corrected chi connectivity index (χ1v) is 9.80. The zero-order valence-electron chi connectivity index (χ0n) is 12.8. The van der Waals surface area contributed by atoms with Gasteiger partial charge in [-0.15, -0.1) is 11.3 Å². The minimum absolute atomic E-state index is 0.215. The van der Waals surface area contributed by atoms with Gasteiger partial charge < -0.3 is 5.32 Å². The van der Waals surface area contributed by atoms with Crippen molar-refractivity contribution >= 4 is 27.1 Å². The number of hydrogen-bond acceptors (Lipinski definition) is 5. The van der Waals surface area contributed by atoms with E-state index < -0.39 is 20.5 Å². The summed E-state index contributed by atoms with van der Waals surface area (Å²) in [6, 6.07) is 6.68. The fourth-order valence-corrected chi connectivity index (χ4v) is 5.36. The molecule has 0 spiro atoms. The zero-order valence-corrected chi connectivity index (χ0v) is 14.4. The summed E-state index contributed by atoms with van der Waals surface area (Å²) in [6.07, 6.45) is 3.14. The lowest BCUT2D eigenvalue weighted by Gasteiger charge is -2.39. The summed E-state index contributed by atoms with van der Waals surface area (Å²) in [5, 5.41) is 5.33. The number of nitrogens with one attached hydrogen (secondary N) is 1. The first kappa shape index (κ1) is 16.1. The number of rotatable bonds is 5. The Hall–Kier alpha value is -1.73. The van der Waals surface area contributed by atoms with Crippen molar-refractivity contribution in [3.05, 3.63) is 46.4 Å². The minimum atomic E-state index is -3.70. The maximum absolute atomic E-state index is 13.0. The summed E-state index contributed by atoms with van der Waals surface area (Å²) in [5.74, 6) is -0.417. The fourth-order valence-electron chi connectivity index (χ4n) is 2.72. The smallest absolute Gasteiger partial charge is 0.242 e. The van der Waals surface area contributed by atoms with E-state index in [1.165, 1.54) is 11.3 Å². The number of carbonyl (C=O) groups excluding carboxylic acids is 1. The van der Waals surface area contributed by atoms with Gasteiger partial charge in [-0.1, -0.05) is 17.7 Å². The normalized spacial score (nSPS) is 16.6. The molecule has 0 radical (unpaired) electrons. The van der Waals surface area contributed by atoms with E-state index in [1.54, 1.807) is 30.5 Å². The van der Waals surface area contributed by atoms with E-state index in [4.69, 9.17) is 0 Å². The number of carbonyl (C=O) groups is 1. The molecule has 0 saturated heterocycles. The van der Waals surface area contributed by atoms with Gasteiger partial charge in [0.05, 0.1) is 11.4 Å². The third kappa shape index (κ3) is 2.79. The van der Waals surface area contributed by atoms with Gasteiger partial charge in [-0.25, -0.2) is 13.4 Å². The van der Waals surface area contributed by atoms with Gasteiger partial charge in [-0.05, 0) is 38.3 Å². The van der Waals surface area contributed by atoms with Gasteiger partial charge in [0.2, 0.25) is 5.91 Å². The Morgan fingerprint density at radius 1 is 1.30 bits per heavy atom. The molecular formula is C16H18N2O3S2. The van der Waals surface area contributed by atoms with Crippen molar-refractivity contribution < 1.29 is 13.2 Å². The molecule has 1 amide bonds. The summed E-state index contributed by atoms with van der Waals surface area (Å²) in [6.45, 7) is 2.16. The third-order valence-corrected chi connectivity index (χ3v) is 7.60. The van der Waals surface area contributed by atoms with E-state index in [0.29, 0.717) is 12.8 Å². The molecule has 1 aromatic heterocycles. The Balaban J connectivity index is 1.84. The summed E-state index contributed by atoms with van der Waals surface area (Å²) >= 11 is 1.43. The van der Waals surface area contributed by atoms with Crippen molar-refractivity contribution in [2.45, 2.75) is 42.4 Å². The average molecular weight is 350 g/mol. The third-order valence-electron chi connectivity index (χ3n) is 4.30. The molecule has 1 fully saturated rings. The van der Waals surface area contributed by atoms with Crippen molar-refractivity contribution in [3.8, 4) is 0 Å². The van der Waals surface area contributed by atoms with Crippen LogP contribution in [-0.4, -0.2) is 24.1 Å². The number of amides is 1. The van der Waals surface area contributed by atoms with Crippen molar-refractivity contribution in [1.29, 1.82) is 0 Å². The molecule has 5 nitrogen and oxygen atoms in total. The van der Waals surface area contributed by atoms with Crippen LogP contribution in [0, 0.1) is 6.92 Å². The standard InChI is InChI=1S/C16H18N2O3S2/c1-12-3-5-13(6-4-12)23(20,21)16(7-2-8-16)15(19)18-11-14-17-9-10-22-14/h3-6,9-10H,2,7-8,11H2,1H3,(H,18,19). The molecule has 0 bridgehead atoms. The first-order valence-electron chi connectivity index (χ1n) is 7.44. The lowest BCUT2D eigenvalue weighted by molar-refractivity contribution is -0.125. The molecule has 3 rings (SSSR count). The summed E-state index contributed by atoms with van der Waals surface area (Å²) in [7, 11) is -3.70. The van der Waals surface area contributed by atoms with Crippen LogP contribution in [0.4, 0.5) is 0 Å². The molecule has 0 unspecified atom stereocenters. The number of thiazole rings is 1. The monoisotopic (exact) mass is 350 g/mol. The van der Waals surface area contributed by atoms with Gasteiger partial charge >= 0.3 is 0 Å². The van der Waals surface area contributed by atoms with Crippen LogP contribution in [0.2, 0.25) is 0 Å². The van der Waals surface area contributed by atoms with E-state index in [-0.39, 0.29) is 11.4 Å². The van der Waals surface area contributed by atoms with E-state index in [1.807, 2.05) is 12.3 Å². The van der Waals surface area contributed by atoms with E-state index in [2.05, 4.69) is 10.3 Å². The Labute approximate surface area is 139 Å². The van der Waals surface area contributed by atoms with Gasteiger partial charge in [0.1, 0.15) is 5.01 Å². The molecule has 0 aliphatic heterocycles. The number of nitrogens with zero attached hydrogens (tertiary/aromatic N) is 1. The quantitative estimate of drug-likeness (QED) is 0.899. The van der Waals surface area contributed by atoms with Crippen LogP contribution in [0.3, 0.4) is 0 Å². The Morgan fingerprint density at radius 3 is 2.52 bits per heavy atom. The zero-order chi connectivity index (χ0) is 16.5. The van der Waals surface area contributed by atoms with Crippen molar-refractivity contribution in [2.24, 2.45) is 0 Å². The molecule has 1 aliphatic carbocycles. The van der Waals surface area contributed by atoms with E-state index in [0.717, 1.165) is 17.0 Å². The fraction of sp³-hybridized carbons (Fsp3) is 0.375. The van der Waals surface area contributed by atoms with Crippen LogP contribution in [0.1, 0.15) is 29.8 Å². The Morgan fingerprint density at radius 2 is 2.00 bits per heavy atom. The second kappa shape index (κ2) is 6.05. The molecule has 1 heterocycles. The van der Waals surface area contributed by atoms with Crippen LogP contribution < -0.4 is 5.32 Å². The topological polar surface area (TPSA) is 76.1 Å². The summed E-state index contributed by atoms with van der Waals surface area (Å²) in [5.41, 5.74) is 0.986.